The quantitative estimate of drug-likeness (QED) is 0.803. The zero-order valence-corrected chi connectivity index (χ0v) is 9.86. The summed E-state index contributed by atoms with van der Waals surface area (Å²) in [7, 11) is 0. The van der Waals surface area contributed by atoms with Crippen molar-refractivity contribution < 1.29 is 0 Å². The van der Waals surface area contributed by atoms with Gasteiger partial charge in [-0.25, -0.2) is 0 Å². The summed E-state index contributed by atoms with van der Waals surface area (Å²) in [6.07, 6.45) is 5.26. The van der Waals surface area contributed by atoms with E-state index < -0.39 is 0 Å². The summed E-state index contributed by atoms with van der Waals surface area (Å²) < 4.78 is 0. The van der Waals surface area contributed by atoms with E-state index >= 15 is 0 Å². The van der Waals surface area contributed by atoms with E-state index in [9.17, 15) is 0 Å². The number of hydrogen-bond acceptors (Lipinski definition) is 2. The molecule has 1 N–H and O–H groups in total. The molecule has 0 aromatic carbocycles. The Balaban J connectivity index is 1.81. The number of hydrogen-bond donors (Lipinski definition) is 1. The number of rotatable bonds is 4. The van der Waals surface area contributed by atoms with Crippen LogP contribution in [0.5, 0.6) is 0 Å². The molecule has 1 aromatic rings. The molecule has 78 valence electrons. The van der Waals surface area contributed by atoms with Crippen LogP contribution < -0.4 is 5.32 Å². The van der Waals surface area contributed by atoms with Crippen LogP contribution in [-0.4, -0.2) is 11.6 Å². The number of thiophene rings is 1. The molecule has 1 saturated carbocycles. The van der Waals surface area contributed by atoms with Crippen molar-refractivity contribution in [3.05, 3.63) is 22.4 Å². The lowest BCUT2D eigenvalue weighted by atomic mass is 9.78. The third-order valence-electron chi connectivity index (χ3n) is 3.17. The van der Waals surface area contributed by atoms with Crippen LogP contribution >= 0.6 is 11.3 Å². The summed E-state index contributed by atoms with van der Waals surface area (Å²) in [6.45, 7) is 4.64. The summed E-state index contributed by atoms with van der Waals surface area (Å²) in [4.78, 5) is 0. The molecule has 1 nitrogen and oxygen atoms in total. The Morgan fingerprint density at radius 2 is 2.36 bits per heavy atom. The van der Waals surface area contributed by atoms with Crippen LogP contribution in [0.4, 0.5) is 0 Å². The van der Waals surface area contributed by atoms with Crippen LogP contribution in [0, 0.1) is 0 Å². The van der Waals surface area contributed by atoms with Crippen LogP contribution in [0.25, 0.3) is 0 Å². The number of nitrogens with one attached hydrogen (secondary N) is 1. The Bertz CT molecular complexity index is 275. The smallest absolute Gasteiger partial charge is 0.0156 e. The van der Waals surface area contributed by atoms with E-state index in [1.165, 1.54) is 31.2 Å². The fourth-order valence-electron chi connectivity index (χ4n) is 2.26. The SMILES string of the molecule is CC(Cc1ccsc1)NC1(C)CCC1. The molecule has 0 aliphatic heterocycles. The van der Waals surface area contributed by atoms with Gasteiger partial charge in [-0.1, -0.05) is 0 Å². The van der Waals surface area contributed by atoms with Crippen LogP contribution in [-0.2, 0) is 6.42 Å². The summed E-state index contributed by atoms with van der Waals surface area (Å²) >= 11 is 1.79. The molecule has 1 fully saturated rings. The van der Waals surface area contributed by atoms with Gasteiger partial charge in [-0.2, -0.15) is 11.3 Å². The first-order valence-corrected chi connectivity index (χ1v) is 6.41. The normalized spacial score (nSPS) is 21.6. The zero-order valence-electron chi connectivity index (χ0n) is 9.05. The minimum Gasteiger partial charge on any atom is -0.309 e. The topological polar surface area (TPSA) is 12.0 Å². The van der Waals surface area contributed by atoms with Crippen molar-refractivity contribution >= 4 is 11.3 Å². The van der Waals surface area contributed by atoms with E-state index in [2.05, 4.69) is 36.0 Å². The van der Waals surface area contributed by atoms with Gasteiger partial charge in [0.2, 0.25) is 0 Å². The lowest BCUT2D eigenvalue weighted by Crippen LogP contribution is -2.52. The standard InChI is InChI=1S/C12H19NS/c1-10(8-11-4-7-14-9-11)13-12(2)5-3-6-12/h4,7,9-10,13H,3,5-6,8H2,1-2H3. The minimum atomic E-state index is 0.440. The molecule has 1 atom stereocenters. The van der Waals surface area contributed by atoms with Crippen molar-refractivity contribution in [1.29, 1.82) is 0 Å². The van der Waals surface area contributed by atoms with Crippen molar-refractivity contribution in [1.82, 2.24) is 5.32 Å². The summed E-state index contributed by atoms with van der Waals surface area (Å²) in [5, 5.41) is 8.15. The highest BCUT2D eigenvalue weighted by Gasteiger charge is 2.32. The Hall–Kier alpha value is -0.340. The van der Waals surface area contributed by atoms with E-state index in [4.69, 9.17) is 0 Å². The maximum absolute atomic E-state index is 3.74. The van der Waals surface area contributed by atoms with Gasteiger partial charge >= 0.3 is 0 Å². The van der Waals surface area contributed by atoms with Gasteiger partial charge in [-0.15, -0.1) is 0 Å². The van der Waals surface area contributed by atoms with Gasteiger partial charge in [0.15, 0.2) is 0 Å². The van der Waals surface area contributed by atoms with E-state index in [1.807, 2.05) is 0 Å². The molecule has 0 spiro atoms. The Labute approximate surface area is 90.5 Å². The van der Waals surface area contributed by atoms with Crippen molar-refractivity contribution in [3.63, 3.8) is 0 Å². The van der Waals surface area contributed by atoms with Gasteiger partial charge in [-0.05, 0) is 61.9 Å². The Morgan fingerprint density at radius 1 is 1.57 bits per heavy atom. The molecule has 2 heteroatoms. The highest BCUT2D eigenvalue weighted by molar-refractivity contribution is 7.07. The zero-order chi connectivity index (χ0) is 10.0. The second-order valence-electron chi connectivity index (χ2n) is 4.80. The monoisotopic (exact) mass is 209 g/mol. The molecule has 1 aromatic heterocycles. The van der Waals surface area contributed by atoms with Crippen molar-refractivity contribution in [3.8, 4) is 0 Å². The minimum absolute atomic E-state index is 0.440. The van der Waals surface area contributed by atoms with Crippen LogP contribution in [0.15, 0.2) is 16.8 Å². The van der Waals surface area contributed by atoms with Gasteiger partial charge in [-0.3, -0.25) is 0 Å². The second kappa shape index (κ2) is 4.03. The van der Waals surface area contributed by atoms with Crippen LogP contribution in [0.3, 0.4) is 0 Å². The molecular weight excluding hydrogens is 190 g/mol. The lowest BCUT2D eigenvalue weighted by Gasteiger charge is -2.41. The summed E-state index contributed by atoms with van der Waals surface area (Å²) in [5.41, 5.74) is 1.91. The van der Waals surface area contributed by atoms with Crippen molar-refractivity contribution in [2.45, 2.75) is 51.1 Å². The molecule has 0 saturated heterocycles. The molecule has 0 bridgehead atoms. The lowest BCUT2D eigenvalue weighted by molar-refractivity contribution is 0.189. The Morgan fingerprint density at radius 3 is 2.86 bits per heavy atom. The molecule has 14 heavy (non-hydrogen) atoms. The Kier molecular flexibility index (Phi) is 2.93. The first kappa shape index (κ1) is 10.2. The largest absolute Gasteiger partial charge is 0.309 e. The van der Waals surface area contributed by atoms with Gasteiger partial charge < -0.3 is 5.32 Å². The predicted molar refractivity (Wildman–Crippen MR) is 62.9 cm³/mol. The van der Waals surface area contributed by atoms with E-state index in [0.29, 0.717) is 11.6 Å². The van der Waals surface area contributed by atoms with Gasteiger partial charge in [0.05, 0.1) is 0 Å². The van der Waals surface area contributed by atoms with Gasteiger partial charge in [0.1, 0.15) is 0 Å². The van der Waals surface area contributed by atoms with Gasteiger partial charge in [0.25, 0.3) is 0 Å². The van der Waals surface area contributed by atoms with Gasteiger partial charge in [0, 0.05) is 11.6 Å². The molecule has 2 rings (SSSR count). The molecular formula is C12H19NS. The molecule has 0 radical (unpaired) electrons. The third kappa shape index (κ3) is 2.37. The first-order chi connectivity index (χ1) is 6.68. The van der Waals surface area contributed by atoms with E-state index in [0.717, 1.165) is 0 Å². The van der Waals surface area contributed by atoms with E-state index in [1.54, 1.807) is 11.3 Å². The van der Waals surface area contributed by atoms with Crippen LogP contribution in [0.1, 0.15) is 38.7 Å². The highest BCUT2D eigenvalue weighted by atomic mass is 32.1. The van der Waals surface area contributed by atoms with E-state index in [-0.39, 0.29) is 0 Å². The predicted octanol–water partition coefficient (Wildman–Crippen LogP) is 3.21. The average Bonchev–Trinajstić information content (AvgIpc) is 2.53. The maximum atomic E-state index is 3.74. The molecule has 0 amide bonds. The third-order valence-corrected chi connectivity index (χ3v) is 3.91. The fraction of sp³-hybridized carbons (Fsp3) is 0.667. The summed E-state index contributed by atoms with van der Waals surface area (Å²) in [5.74, 6) is 0. The average molecular weight is 209 g/mol. The van der Waals surface area contributed by atoms with Crippen molar-refractivity contribution in [2.75, 3.05) is 0 Å². The first-order valence-electron chi connectivity index (χ1n) is 5.47. The maximum Gasteiger partial charge on any atom is 0.0156 e. The fourth-order valence-corrected chi connectivity index (χ4v) is 2.94. The highest BCUT2D eigenvalue weighted by Crippen LogP contribution is 2.31. The van der Waals surface area contributed by atoms with Crippen molar-refractivity contribution in [2.24, 2.45) is 0 Å². The molecule has 1 heterocycles. The second-order valence-corrected chi connectivity index (χ2v) is 5.58. The molecule has 1 aliphatic rings. The summed E-state index contributed by atoms with van der Waals surface area (Å²) in [6, 6.07) is 2.83. The molecule has 1 unspecified atom stereocenters. The molecule has 1 aliphatic carbocycles. The van der Waals surface area contributed by atoms with Crippen LogP contribution in [0.2, 0.25) is 0 Å².